The highest BCUT2D eigenvalue weighted by Gasteiger charge is 2.24. The molecule has 1 aromatic carbocycles. The van der Waals surface area contributed by atoms with Gasteiger partial charge in [0.1, 0.15) is 17.3 Å². The fourth-order valence-electron chi connectivity index (χ4n) is 3.52. The molecule has 0 spiro atoms. The molecule has 7 heteroatoms. The molecule has 2 unspecified atom stereocenters. The molecule has 2 atom stereocenters. The first kappa shape index (κ1) is 30.8. The summed E-state index contributed by atoms with van der Waals surface area (Å²) in [5.74, 6) is -0.357. The van der Waals surface area contributed by atoms with Crippen LogP contribution in [0.4, 0.5) is 4.39 Å². The first-order valence-electron chi connectivity index (χ1n) is 11.3. The van der Waals surface area contributed by atoms with E-state index >= 15 is 0 Å². The van der Waals surface area contributed by atoms with Crippen LogP contribution >= 0.6 is 0 Å². The number of ketones is 1. The number of hydrogen-bond acceptors (Lipinski definition) is 6. The van der Waals surface area contributed by atoms with Crippen molar-refractivity contribution in [2.24, 2.45) is 28.3 Å². The molecule has 186 valence electrons. The van der Waals surface area contributed by atoms with E-state index in [-0.39, 0.29) is 28.7 Å². The molecule has 34 heavy (non-hydrogen) atoms. The lowest BCUT2D eigenvalue weighted by Gasteiger charge is -2.21. The molecular weight excluding hydrogens is 431 g/mol. The van der Waals surface area contributed by atoms with Gasteiger partial charge in [-0.3, -0.25) is 9.79 Å². The van der Waals surface area contributed by atoms with Crippen LogP contribution in [0.3, 0.4) is 0 Å². The number of halogens is 1. The summed E-state index contributed by atoms with van der Waals surface area (Å²) in [5.41, 5.74) is 11.5. The minimum Gasteiger partial charge on any atom is -0.508 e. The molecule has 1 aromatic heterocycles. The van der Waals surface area contributed by atoms with Gasteiger partial charge in [0.2, 0.25) is 5.78 Å². The maximum atomic E-state index is 14.2. The standard InChI is InChI=1S/C24H30FN3O2.C2H4.CH5N/c1-4-17(14-16(2)10-12-26)19(11-13-27-3)24(30)23-7-5-6-22(28-23)20-15-18(29)8-9-21(20)25;2*1-2/h5-9,11,13,15-17,29H,4,10,12,14,26H2,1-3H3;1-2H2;2H2,1H3/b19-11-,27-13?;;. The number of nitrogens with two attached hydrogens (primary N) is 2. The summed E-state index contributed by atoms with van der Waals surface area (Å²) in [6.45, 7) is 10.8. The monoisotopic (exact) mass is 470 g/mol. The highest BCUT2D eigenvalue weighted by atomic mass is 19.1. The highest BCUT2D eigenvalue weighted by Crippen LogP contribution is 2.29. The molecule has 0 saturated heterocycles. The van der Waals surface area contributed by atoms with Crippen LogP contribution in [0.15, 0.2) is 66.2 Å². The summed E-state index contributed by atoms with van der Waals surface area (Å²) in [5, 5.41) is 9.70. The molecule has 0 saturated carbocycles. The Hall–Kier alpha value is -3.16. The maximum Gasteiger partial charge on any atom is 0.207 e. The Balaban J connectivity index is 0.00000258. The second-order valence-corrected chi connectivity index (χ2v) is 7.45. The number of nitrogens with zero attached hydrogens (tertiary/aromatic N) is 2. The van der Waals surface area contributed by atoms with Gasteiger partial charge in [0.05, 0.1) is 5.69 Å². The van der Waals surface area contributed by atoms with E-state index in [0.717, 1.165) is 19.3 Å². The molecule has 0 bridgehead atoms. The number of carbonyl (C=O) groups excluding carboxylic acids is 1. The molecule has 0 radical (unpaired) electrons. The first-order valence-corrected chi connectivity index (χ1v) is 11.3. The number of allylic oxidation sites excluding steroid dienone is 2. The molecule has 0 fully saturated rings. The Kier molecular flexibility index (Phi) is 15.7. The van der Waals surface area contributed by atoms with E-state index in [0.29, 0.717) is 23.7 Å². The van der Waals surface area contributed by atoms with Gasteiger partial charge in [0.25, 0.3) is 0 Å². The molecule has 5 N–H and O–H groups in total. The van der Waals surface area contributed by atoms with Crippen LogP contribution in [0.1, 0.15) is 43.6 Å². The van der Waals surface area contributed by atoms with E-state index in [9.17, 15) is 14.3 Å². The third-order valence-electron chi connectivity index (χ3n) is 5.15. The molecule has 2 rings (SSSR count). The zero-order valence-electron chi connectivity index (χ0n) is 20.8. The van der Waals surface area contributed by atoms with Crippen molar-refractivity contribution >= 4 is 12.0 Å². The van der Waals surface area contributed by atoms with E-state index in [1.165, 1.54) is 25.2 Å². The molecule has 0 aliphatic heterocycles. The zero-order chi connectivity index (χ0) is 26.1. The number of phenols is 1. The van der Waals surface area contributed by atoms with Crippen LogP contribution in [-0.2, 0) is 0 Å². The van der Waals surface area contributed by atoms with Gasteiger partial charge >= 0.3 is 0 Å². The normalized spacial score (nSPS) is 12.7. The Morgan fingerprint density at radius 3 is 2.53 bits per heavy atom. The van der Waals surface area contributed by atoms with Crippen molar-refractivity contribution in [1.82, 2.24) is 4.98 Å². The van der Waals surface area contributed by atoms with E-state index in [2.05, 4.69) is 42.7 Å². The summed E-state index contributed by atoms with van der Waals surface area (Å²) < 4.78 is 14.2. The maximum absolute atomic E-state index is 14.2. The van der Waals surface area contributed by atoms with Gasteiger partial charge in [-0.05, 0) is 81.1 Å². The molecule has 0 aliphatic carbocycles. The van der Waals surface area contributed by atoms with Gasteiger partial charge in [-0.2, -0.15) is 0 Å². The number of rotatable bonds is 10. The summed E-state index contributed by atoms with van der Waals surface area (Å²) in [6, 6.07) is 8.66. The number of hydrogen-bond donors (Lipinski definition) is 3. The predicted molar refractivity (Wildman–Crippen MR) is 141 cm³/mol. The molecule has 0 amide bonds. The van der Waals surface area contributed by atoms with E-state index < -0.39 is 5.82 Å². The Labute approximate surface area is 203 Å². The van der Waals surface area contributed by atoms with Crippen molar-refractivity contribution in [3.8, 4) is 17.0 Å². The van der Waals surface area contributed by atoms with Gasteiger partial charge in [0, 0.05) is 24.4 Å². The Morgan fingerprint density at radius 2 is 1.94 bits per heavy atom. The minimum absolute atomic E-state index is 0.0417. The second kappa shape index (κ2) is 17.3. The Bertz CT molecular complexity index is 944. The highest BCUT2D eigenvalue weighted by molar-refractivity contribution is 6.09. The van der Waals surface area contributed by atoms with Gasteiger partial charge in [-0.25, -0.2) is 9.37 Å². The summed E-state index contributed by atoms with van der Waals surface area (Å²) >= 11 is 0. The molecule has 2 aromatic rings. The fraction of sp³-hybridized carbons (Fsp3) is 0.370. The fourth-order valence-corrected chi connectivity index (χ4v) is 3.52. The lowest BCUT2D eigenvalue weighted by atomic mass is 9.83. The van der Waals surface area contributed by atoms with E-state index in [1.807, 2.05) is 0 Å². The van der Waals surface area contributed by atoms with E-state index in [1.54, 1.807) is 37.5 Å². The van der Waals surface area contributed by atoms with Crippen LogP contribution in [-0.4, -0.2) is 42.7 Å². The third-order valence-corrected chi connectivity index (χ3v) is 5.15. The number of aliphatic imine (C=N–C) groups is 1. The van der Waals surface area contributed by atoms with Crippen molar-refractivity contribution in [3.63, 3.8) is 0 Å². The molecule has 0 aliphatic rings. The number of benzene rings is 1. The topological polar surface area (TPSA) is 115 Å². The Morgan fingerprint density at radius 1 is 1.26 bits per heavy atom. The third kappa shape index (κ3) is 9.37. The lowest BCUT2D eigenvalue weighted by molar-refractivity contribution is 0.101. The van der Waals surface area contributed by atoms with Crippen molar-refractivity contribution in [3.05, 3.63) is 72.7 Å². The van der Waals surface area contributed by atoms with Crippen LogP contribution in [0.25, 0.3) is 11.3 Å². The van der Waals surface area contributed by atoms with Crippen molar-refractivity contribution < 1.29 is 14.3 Å². The van der Waals surface area contributed by atoms with E-state index in [4.69, 9.17) is 5.73 Å². The number of carbonyl (C=O) groups is 1. The predicted octanol–water partition coefficient (Wildman–Crippen LogP) is 5.18. The number of pyridine rings is 1. The number of Topliss-reactive ketones (excluding diaryl/α,β-unsaturated/α-hetero) is 1. The molecular formula is C27H39FN4O2. The number of aromatic hydroxyl groups is 1. The van der Waals surface area contributed by atoms with Gasteiger partial charge in [0.15, 0.2) is 0 Å². The zero-order valence-corrected chi connectivity index (χ0v) is 20.8. The van der Waals surface area contributed by atoms with Crippen LogP contribution in [0.5, 0.6) is 5.75 Å². The van der Waals surface area contributed by atoms with Crippen molar-refractivity contribution in [1.29, 1.82) is 0 Å². The first-order chi connectivity index (χ1) is 16.4. The SMILES string of the molecule is C=C.CCC(CC(C)CCN)/C(=C/C=NC)C(=O)c1cccc(-c2cc(O)ccc2F)n1.CN. The quantitative estimate of drug-likeness (QED) is 0.191. The smallest absolute Gasteiger partial charge is 0.207 e. The number of aromatic nitrogens is 1. The van der Waals surface area contributed by atoms with Crippen molar-refractivity contribution in [2.45, 2.75) is 33.1 Å². The average molecular weight is 471 g/mol. The summed E-state index contributed by atoms with van der Waals surface area (Å²) in [4.78, 5) is 21.8. The van der Waals surface area contributed by atoms with Crippen LogP contribution < -0.4 is 11.5 Å². The van der Waals surface area contributed by atoms with Crippen LogP contribution in [0.2, 0.25) is 0 Å². The summed E-state index contributed by atoms with van der Waals surface area (Å²) in [7, 11) is 3.15. The largest absolute Gasteiger partial charge is 0.508 e. The van der Waals surface area contributed by atoms with Gasteiger partial charge in [-0.1, -0.05) is 19.9 Å². The second-order valence-electron chi connectivity index (χ2n) is 7.45. The van der Waals surface area contributed by atoms with Crippen LogP contribution in [0, 0.1) is 17.7 Å². The number of phenolic OH excluding ortho intramolecular Hbond substituents is 1. The molecule has 6 nitrogen and oxygen atoms in total. The minimum atomic E-state index is -0.513. The summed E-state index contributed by atoms with van der Waals surface area (Å²) in [6.07, 6.45) is 5.89. The lowest BCUT2D eigenvalue weighted by Crippen LogP contribution is -2.18. The average Bonchev–Trinajstić information content (AvgIpc) is 2.87. The molecule has 1 heterocycles. The van der Waals surface area contributed by atoms with Gasteiger partial charge < -0.3 is 16.6 Å². The van der Waals surface area contributed by atoms with Gasteiger partial charge in [-0.15, -0.1) is 13.2 Å². The van der Waals surface area contributed by atoms with Crippen molar-refractivity contribution in [2.75, 3.05) is 20.6 Å².